The van der Waals surface area contributed by atoms with Crippen LogP contribution >= 0.6 is 11.6 Å². The van der Waals surface area contributed by atoms with Crippen LogP contribution in [0.5, 0.6) is 0 Å². The number of aliphatic hydroxyl groups is 3. The first-order valence-electron chi connectivity index (χ1n) is 10.4. The van der Waals surface area contributed by atoms with Crippen molar-refractivity contribution in [2.24, 2.45) is 0 Å². The van der Waals surface area contributed by atoms with E-state index in [1.54, 1.807) is 0 Å². The van der Waals surface area contributed by atoms with E-state index in [1.165, 1.54) is 16.5 Å². The van der Waals surface area contributed by atoms with Crippen LogP contribution in [0.3, 0.4) is 0 Å². The largest absolute Gasteiger partial charge is 0.394 e. The molecule has 4 atom stereocenters. The molecule has 0 saturated carbocycles. The summed E-state index contributed by atoms with van der Waals surface area (Å²) in [6, 6.07) is 10.5. The molecule has 0 aliphatic carbocycles. The fraction of sp³-hybridized carbons (Fsp3) is 0.476. The molecule has 3 N–H and O–H groups in total. The van der Waals surface area contributed by atoms with Crippen LogP contribution in [0.2, 0.25) is 5.28 Å². The first-order valence-corrected chi connectivity index (χ1v) is 10.8. The number of rotatable bonds is 4. The number of piperidine rings is 1. The Balaban J connectivity index is 1.42. The number of aromatic nitrogens is 4. The first-order chi connectivity index (χ1) is 15.1. The van der Waals surface area contributed by atoms with E-state index in [1.807, 2.05) is 6.07 Å². The molecular weight excluding hydrogens is 422 g/mol. The highest BCUT2D eigenvalue weighted by Crippen LogP contribution is 2.35. The zero-order valence-electron chi connectivity index (χ0n) is 16.8. The molecule has 0 radical (unpaired) electrons. The van der Waals surface area contributed by atoms with Crippen molar-refractivity contribution in [1.29, 1.82) is 0 Å². The minimum Gasteiger partial charge on any atom is -0.394 e. The maximum Gasteiger partial charge on any atom is 0.226 e. The zero-order chi connectivity index (χ0) is 21.5. The quantitative estimate of drug-likeness (QED) is 0.517. The molecule has 0 spiro atoms. The standard InChI is InChI=1S/C21H24ClN5O4/c22-21-24-18(26-8-6-13(7-9-26)12-4-2-1-3-5-12)15-19(25-21)27(11-23-15)20-17(30)16(29)14(10-28)31-20/h1-5,11,13-14,16-17,20,28-30H,6-10H2/t14-,16?,17?,20-/m1/s1. The van der Waals surface area contributed by atoms with Crippen molar-refractivity contribution in [3.05, 3.63) is 47.5 Å². The smallest absolute Gasteiger partial charge is 0.226 e. The molecule has 10 heteroatoms. The third-order valence-electron chi connectivity index (χ3n) is 6.23. The van der Waals surface area contributed by atoms with E-state index < -0.39 is 31.1 Å². The topological polar surface area (TPSA) is 117 Å². The third-order valence-corrected chi connectivity index (χ3v) is 6.40. The fourth-order valence-electron chi connectivity index (χ4n) is 4.54. The Morgan fingerprint density at radius 1 is 1.06 bits per heavy atom. The number of halogens is 1. The van der Waals surface area contributed by atoms with Gasteiger partial charge in [0.05, 0.1) is 12.9 Å². The van der Waals surface area contributed by atoms with Crippen LogP contribution in [-0.4, -0.2) is 72.8 Å². The minimum atomic E-state index is -1.23. The Morgan fingerprint density at radius 2 is 1.81 bits per heavy atom. The Labute approximate surface area is 183 Å². The zero-order valence-corrected chi connectivity index (χ0v) is 17.5. The van der Waals surface area contributed by atoms with Gasteiger partial charge >= 0.3 is 0 Å². The summed E-state index contributed by atoms with van der Waals surface area (Å²) in [5.41, 5.74) is 2.32. The number of ether oxygens (including phenoxy) is 1. The number of aliphatic hydroxyl groups excluding tert-OH is 3. The maximum absolute atomic E-state index is 10.4. The SMILES string of the molecule is OC[C@H]1O[C@@H](n2cnc3c(N4CCC(c5ccccc5)CC4)nc(Cl)nc32)C(O)C1O. The van der Waals surface area contributed by atoms with Gasteiger partial charge in [0, 0.05) is 13.1 Å². The number of imidazole rings is 1. The van der Waals surface area contributed by atoms with Gasteiger partial charge in [0.25, 0.3) is 0 Å². The molecule has 4 heterocycles. The van der Waals surface area contributed by atoms with Crippen molar-refractivity contribution in [2.75, 3.05) is 24.6 Å². The van der Waals surface area contributed by atoms with Crippen LogP contribution < -0.4 is 4.90 Å². The highest BCUT2D eigenvalue weighted by molar-refractivity contribution is 6.28. The Hall–Kier alpha value is -2.30. The Kier molecular flexibility index (Phi) is 5.53. The first kappa shape index (κ1) is 20.6. The van der Waals surface area contributed by atoms with E-state index in [9.17, 15) is 15.3 Å². The lowest BCUT2D eigenvalue weighted by atomic mass is 9.89. The van der Waals surface area contributed by atoms with Crippen molar-refractivity contribution in [2.45, 2.75) is 43.3 Å². The van der Waals surface area contributed by atoms with E-state index in [0.29, 0.717) is 22.9 Å². The van der Waals surface area contributed by atoms with Gasteiger partial charge in [-0.05, 0) is 35.9 Å². The van der Waals surface area contributed by atoms with E-state index in [0.717, 1.165) is 25.9 Å². The monoisotopic (exact) mass is 445 g/mol. The molecule has 2 aliphatic rings. The predicted molar refractivity (Wildman–Crippen MR) is 114 cm³/mol. The molecule has 2 aromatic heterocycles. The van der Waals surface area contributed by atoms with Crippen molar-refractivity contribution in [1.82, 2.24) is 19.5 Å². The van der Waals surface area contributed by atoms with E-state index in [2.05, 4.69) is 44.1 Å². The average molecular weight is 446 g/mol. The number of hydrogen-bond acceptors (Lipinski definition) is 8. The molecule has 0 bridgehead atoms. The lowest BCUT2D eigenvalue weighted by Crippen LogP contribution is -2.34. The molecule has 2 saturated heterocycles. The second-order valence-electron chi connectivity index (χ2n) is 8.04. The van der Waals surface area contributed by atoms with Crippen LogP contribution in [0.15, 0.2) is 36.7 Å². The molecule has 164 valence electrons. The van der Waals surface area contributed by atoms with E-state index >= 15 is 0 Å². The Bertz CT molecular complexity index is 1060. The third kappa shape index (κ3) is 3.66. The number of hydrogen-bond donors (Lipinski definition) is 3. The van der Waals surface area contributed by atoms with E-state index in [-0.39, 0.29) is 5.28 Å². The predicted octanol–water partition coefficient (Wildman–Crippen LogP) is 1.48. The van der Waals surface area contributed by atoms with Crippen LogP contribution in [-0.2, 0) is 4.74 Å². The minimum absolute atomic E-state index is 0.0705. The molecular formula is C21H24ClN5O4. The van der Waals surface area contributed by atoms with Crippen LogP contribution in [0, 0.1) is 0 Å². The van der Waals surface area contributed by atoms with E-state index in [4.69, 9.17) is 16.3 Å². The summed E-state index contributed by atoms with van der Waals surface area (Å²) in [6.45, 7) is 1.21. The van der Waals surface area contributed by atoms with Gasteiger partial charge in [-0.3, -0.25) is 4.57 Å². The number of anilines is 1. The molecule has 2 aliphatic heterocycles. The van der Waals surface area contributed by atoms with Gasteiger partial charge in [-0.2, -0.15) is 9.97 Å². The number of fused-ring (bicyclic) bond motifs is 1. The summed E-state index contributed by atoms with van der Waals surface area (Å²) in [4.78, 5) is 15.4. The maximum atomic E-state index is 10.4. The van der Waals surface area contributed by atoms with Crippen molar-refractivity contribution >= 4 is 28.6 Å². The van der Waals surface area contributed by atoms with Crippen molar-refractivity contribution in [3.63, 3.8) is 0 Å². The van der Waals surface area contributed by atoms with Gasteiger partial charge < -0.3 is 25.0 Å². The highest BCUT2D eigenvalue weighted by Gasteiger charge is 2.44. The lowest BCUT2D eigenvalue weighted by Gasteiger charge is -2.33. The Morgan fingerprint density at radius 3 is 2.48 bits per heavy atom. The summed E-state index contributed by atoms with van der Waals surface area (Å²) in [7, 11) is 0. The molecule has 5 rings (SSSR count). The van der Waals surface area contributed by atoms with Gasteiger partial charge in [0.2, 0.25) is 5.28 Å². The van der Waals surface area contributed by atoms with Crippen LogP contribution in [0.1, 0.15) is 30.6 Å². The van der Waals surface area contributed by atoms with Gasteiger partial charge in [-0.1, -0.05) is 30.3 Å². The second-order valence-corrected chi connectivity index (χ2v) is 8.38. The lowest BCUT2D eigenvalue weighted by molar-refractivity contribution is -0.0511. The second kappa shape index (κ2) is 8.33. The van der Waals surface area contributed by atoms with Crippen molar-refractivity contribution < 1.29 is 20.1 Å². The molecule has 2 unspecified atom stereocenters. The summed E-state index contributed by atoms with van der Waals surface area (Å²) >= 11 is 6.24. The van der Waals surface area contributed by atoms with Gasteiger partial charge in [0.15, 0.2) is 23.2 Å². The summed E-state index contributed by atoms with van der Waals surface area (Å²) in [5.74, 6) is 1.15. The van der Waals surface area contributed by atoms with Crippen LogP contribution in [0.25, 0.3) is 11.2 Å². The van der Waals surface area contributed by atoms with Gasteiger partial charge in [0.1, 0.15) is 18.3 Å². The molecule has 31 heavy (non-hydrogen) atoms. The normalized spacial score (nSPS) is 27.3. The summed E-state index contributed by atoms with van der Waals surface area (Å²) in [6.07, 6.45) is -0.776. The molecule has 9 nitrogen and oxygen atoms in total. The van der Waals surface area contributed by atoms with Crippen molar-refractivity contribution in [3.8, 4) is 0 Å². The summed E-state index contributed by atoms with van der Waals surface area (Å²) < 4.78 is 7.17. The molecule has 3 aromatic rings. The molecule has 0 amide bonds. The summed E-state index contributed by atoms with van der Waals surface area (Å²) in [5, 5.41) is 29.9. The van der Waals surface area contributed by atoms with Gasteiger partial charge in [-0.25, -0.2) is 4.98 Å². The number of benzene rings is 1. The molecule has 2 fully saturated rings. The highest BCUT2D eigenvalue weighted by atomic mass is 35.5. The van der Waals surface area contributed by atoms with Crippen LogP contribution in [0.4, 0.5) is 5.82 Å². The van der Waals surface area contributed by atoms with Gasteiger partial charge in [-0.15, -0.1) is 0 Å². The average Bonchev–Trinajstić information content (AvgIpc) is 3.34. The fourth-order valence-corrected chi connectivity index (χ4v) is 4.70. The number of nitrogens with zero attached hydrogens (tertiary/aromatic N) is 5. The molecule has 1 aromatic carbocycles.